The summed E-state index contributed by atoms with van der Waals surface area (Å²) in [5, 5.41) is 3.41. The van der Waals surface area contributed by atoms with Crippen LogP contribution in [0.3, 0.4) is 0 Å². The van der Waals surface area contributed by atoms with Gasteiger partial charge in [0.15, 0.2) is 5.78 Å². The smallest absolute Gasteiger partial charge is 0.164 e. The van der Waals surface area contributed by atoms with Crippen molar-refractivity contribution in [2.75, 3.05) is 13.1 Å². The standard InChI is InChI=1S/C17H23NO/c1-16(2,3)12-4-5-14-13(10-12)15(19)11-17(14)6-8-18-9-7-17/h4-5,10,18H,6-9,11H2,1-3H3. The summed E-state index contributed by atoms with van der Waals surface area (Å²) in [6.07, 6.45) is 2.92. The normalized spacial score (nSPS) is 21.7. The highest BCUT2D eigenvalue weighted by atomic mass is 16.1. The first-order chi connectivity index (χ1) is 8.92. The Morgan fingerprint density at radius 3 is 2.47 bits per heavy atom. The molecule has 3 rings (SSSR count). The number of carbonyl (C=O) groups excluding carboxylic acids is 1. The monoisotopic (exact) mass is 257 g/mol. The highest BCUT2D eigenvalue weighted by Gasteiger charge is 2.43. The fourth-order valence-electron chi connectivity index (χ4n) is 3.55. The van der Waals surface area contributed by atoms with Crippen LogP contribution in [0.4, 0.5) is 0 Å². The average Bonchev–Trinajstić information content (AvgIpc) is 2.62. The Labute approximate surface area is 115 Å². The Balaban J connectivity index is 2.07. The number of rotatable bonds is 0. The number of benzene rings is 1. The molecule has 1 fully saturated rings. The van der Waals surface area contributed by atoms with Gasteiger partial charge < -0.3 is 5.32 Å². The molecule has 1 aliphatic carbocycles. The van der Waals surface area contributed by atoms with E-state index >= 15 is 0 Å². The fourth-order valence-corrected chi connectivity index (χ4v) is 3.55. The summed E-state index contributed by atoms with van der Waals surface area (Å²) in [4.78, 5) is 12.4. The van der Waals surface area contributed by atoms with E-state index in [4.69, 9.17) is 0 Å². The van der Waals surface area contributed by atoms with Crippen LogP contribution in [0.2, 0.25) is 0 Å². The van der Waals surface area contributed by atoms with Gasteiger partial charge in [0.05, 0.1) is 0 Å². The maximum absolute atomic E-state index is 12.4. The number of nitrogens with one attached hydrogen (secondary N) is 1. The van der Waals surface area contributed by atoms with Gasteiger partial charge in [-0.15, -0.1) is 0 Å². The van der Waals surface area contributed by atoms with Crippen molar-refractivity contribution in [2.24, 2.45) is 0 Å². The molecule has 1 aromatic carbocycles. The molecule has 1 aliphatic heterocycles. The molecule has 1 aromatic rings. The van der Waals surface area contributed by atoms with E-state index < -0.39 is 0 Å². The summed E-state index contributed by atoms with van der Waals surface area (Å²) < 4.78 is 0. The SMILES string of the molecule is CC(C)(C)c1ccc2c(c1)C(=O)CC21CCNCC1. The molecule has 2 heteroatoms. The first kappa shape index (κ1) is 12.9. The second-order valence-corrected chi connectivity index (χ2v) is 7.14. The van der Waals surface area contributed by atoms with E-state index in [1.807, 2.05) is 0 Å². The van der Waals surface area contributed by atoms with Gasteiger partial charge in [0, 0.05) is 17.4 Å². The fraction of sp³-hybridized carbons (Fsp3) is 0.588. The molecule has 0 atom stereocenters. The van der Waals surface area contributed by atoms with E-state index in [0.29, 0.717) is 5.78 Å². The Hall–Kier alpha value is -1.15. The van der Waals surface area contributed by atoms with Crippen molar-refractivity contribution in [1.82, 2.24) is 5.32 Å². The molecule has 19 heavy (non-hydrogen) atoms. The van der Waals surface area contributed by atoms with Gasteiger partial charge in [-0.2, -0.15) is 0 Å². The first-order valence-electron chi connectivity index (χ1n) is 7.31. The summed E-state index contributed by atoms with van der Waals surface area (Å²) in [5.74, 6) is 0.350. The van der Waals surface area contributed by atoms with Crippen LogP contribution >= 0.6 is 0 Å². The van der Waals surface area contributed by atoms with Crippen LogP contribution in [0.25, 0.3) is 0 Å². The van der Waals surface area contributed by atoms with E-state index in [0.717, 1.165) is 37.9 Å². The van der Waals surface area contributed by atoms with Crippen LogP contribution in [0.15, 0.2) is 18.2 Å². The highest BCUT2D eigenvalue weighted by molar-refractivity contribution is 6.02. The number of fused-ring (bicyclic) bond motifs is 2. The van der Waals surface area contributed by atoms with Crippen LogP contribution in [-0.4, -0.2) is 18.9 Å². The second kappa shape index (κ2) is 4.17. The third kappa shape index (κ3) is 2.02. The number of hydrogen-bond acceptors (Lipinski definition) is 2. The van der Waals surface area contributed by atoms with Gasteiger partial charge in [-0.3, -0.25) is 4.79 Å². The molecular formula is C17H23NO. The Kier molecular flexibility index (Phi) is 2.82. The van der Waals surface area contributed by atoms with Gasteiger partial charge >= 0.3 is 0 Å². The van der Waals surface area contributed by atoms with Crippen molar-refractivity contribution in [3.8, 4) is 0 Å². The third-order valence-corrected chi connectivity index (χ3v) is 4.82. The van der Waals surface area contributed by atoms with Crippen LogP contribution in [0.5, 0.6) is 0 Å². The molecule has 102 valence electrons. The molecule has 0 amide bonds. The minimum Gasteiger partial charge on any atom is -0.317 e. The second-order valence-electron chi connectivity index (χ2n) is 7.14. The van der Waals surface area contributed by atoms with Crippen molar-refractivity contribution in [3.63, 3.8) is 0 Å². The predicted octanol–water partition coefficient (Wildman–Crippen LogP) is 3.19. The molecular weight excluding hydrogens is 234 g/mol. The number of Topliss-reactive ketones (excluding diaryl/α,β-unsaturated/α-hetero) is 1. The van der Waals surface area contributed by atoms with Crippen molar-refractivity contribution >= 4 is 5.78 Å². The van der Waals surface area contributed by atoms with E-state index in [1.54, 1.807) is 0 Å². The Bertz CT molecular complexity index is 519. The maximum atomic E-state index is 12.4. The zero-order valence-electron chi connectivity index (χ0n) is 12.2. The minimum atomic E-state index is 0.110. The molecule has 0 saturated carbocycles. The van der Waals surface area contributed by atoms with Crippen LogP contribution in [0.1, 0.15) is 61.5 Å². The van der Waals surface area contributed by atoms with E-state index in [2.05, 4.69) is 44.3 Å². The van der Waals surface area contributed by atoms with Crippen molar-refractivity contribution in [3.05, 3.63) is 34.9 Å². The zero-order valence-corrected chi connectivity index (χ0v) is 12.2. The van der Waals surface area contributed by atoms with E-state index in [9.17, 15) is 4.79 Å². The lowest BCUT2D eigenvalue weighted by molar-refractivity contribution is 0.0964. The van der Waals surface area contributed by atoms with E-state index in [1.165, 1.54) is 11.1 Å². The number of hydrogen-bond donors (Lipinski definition) is 1. The molecule has 2 aliphatic rings. The molecule has 1 N–H and O–H groups in total. The van der Waals surface area contributed by atoms with Crippen molar-refractivity contribution < 1.29 is 4.79 Å². The van der Waals surface area contributed by atoms with Crippen molar-refractivity contribution in [2.45, 2.75) is 50.9 Å². The van der Waals surface area contributed by atoms with Crippen LogP contribution in [0, 0.1) is 0 Å². The summed E-state index contributed by atoms with van der Waals surface area (Å²) in [6, 6.07) is 6.60. The van der Waals surface area contributed by atoms with Gasteiger partial charge in [-0.25, -0.2) is 0 Å². The predicted molar refractivity (Wildman–Crippen MR) is 77.9 cm³/mol. The maximum Gasteiger partial charge on any atom is 0.164 e. The topological polar surface area (TPSA) is 29.1 Å². The van der Waals surface area contributed by atoms with Crippen molar-refractivity contribution in [1.29, 1.82) is 0 Å². The number of ketones is 1. The molecule has 0 bridgehead atoms. The molecule has 0 radical (unpaired) electrons. The van der Waals surface area contributed by atoms with Gasteiger partial charge in [0.25, 0.3) is 0 Å². The van der Waals surface area contributed by atoms with Gasteiger partial charge in [-0.05, 0) is 48.5 Å². The molecule has 1 saturated heterocycles. The third-order valence-electron chi connectivity index (χ3n) is 4.82. The van der Waals surface area contributed by atoms with Gasteiger partial charge in [-0.1, -0.05) is 32.9 Å². The lowest BCUT2D eigenvalue weighted by Crippen LogP contribution is -2.38. The largest absolute Gasteiger partial charge is 0.317 e. The van der Waals surface area contributed by atoms with E-state index in [-0.39, 0.29) is 10.8 Å². The first-order valence-corrected chi connectivity index (χ1v) is 7.31. The molecule has 2 nitrogen and oxygen atoms in total. The summed E-state index contributed by atoms with van der Waals surface area (Å²) in [5.41, 5.74) is 3.82. The minimum absolute atomic E-state index is 0.110. The lowest BCUT2D eigenvalue weighted by atomic mass is 9.73. The zero-order chi connectivity index (χ0) is 13.7. The summed E-state index contributed by atoms with van der Waals surface area (Å²) in [6.45, 7) is 8.68. The van der Waals surface area contributed by atoms with Crippen LogP contribution < -0.4 is 5.32 Å². The Morgan fingerprint density at radius 2 is 1.84 bits per heavy atom. The number of carbonyl (C=O) groups is 1. The molecule has 0 aromatic heterocycles. The summed E-state index contributed by atoms with van der Waals surface area (Å²) >= 11 is 0. The highest BCUT2D eigenvalue weighted by Crippen LogP contribution is 2.45. The molecule has 0 unspecified atom stereocenters. The summed E-state index contributed by atoms with van der Waals surface area (Å²) in [7, 11) is 0. The lowest BCUT2D eigenvalue weighted by Gasteiger charge is -2.34. The van der Waals surface area contributed by atoms with Gasteiger partial charge in [0.2, 0.25) is 0 Å². The molecule has 1 spiro atoms. The quantitative estimate of drug-likeness (QED) is 0.773. The number of piperidine rings is 1. The van der Waals surface area contributed by atoms with Crippen LogP contribution in [-0.2, 0) is 10.8 Å². The Morgan fingerprint density at radius 1 is 1.16 bits per heavy atom. The average molecular weight is 257 g/mol. The van der Waals surface area contributed by atoms with Gasteiger partial charge in [0.1, 0.15) is 0 Å². The molecule has 1 heterocycles.